The van der Waals surface area contributed by atoms with Gasteiger partial charge in [0.25, 0.3) is 5.56 Å². The van der Waals surface area contributed by atoms with Gasteiger partial charge in [-0.2, -0.15) is 0 Å². The van der Waals surface area contributed by atoms with E-state index in [1.807, 2.05) is 18.2 Å². The van der Waals surface area contributed by atoms with Crippen molar-refractivity contribution in [3.63, 3.8) is 0 Å². The summed E-state index contributed by atoms with van der Waals surface area (Å²) >= 11 is 0. The number of hydrogen-bond acceptors (Lipinski definition) is 4. The van der Waals surface area contributed by atoms with E-state index in [9.17, 15) is 9.90 Å². The van der Waals surface area contributed by atoms with Crippen LogP contribution in [-0.2, 0) is 13.6 Å². The molecule has 0 atom stereocenters. The van der Waals surface area contributed by atoms with Gasteiger partial charge < -0.3 is 19.7 Å². The largest absolute Gasteiger partial charge is 0.504 e. The highest BCUT2D eigenvalue weighted by Crippen LogP contribution is 2.32. The number of aryl methyl sites for hydroxylation is 3. The van der Waals surface area contributed by atoms with Crippen LogP contribution in [0.1, 0.15) is 16.7 Å². The molecule has 0 saturated heterocycles. The van der Waals surface area contributed by atoms with Gasteiger partial charge in [-0.1, -0.05) is 29.3 Å². The van der Waals surface area contributed by atoms with Gasteiger partial charge in [0, 0.05) is 24.7 Å². The van der Waals surface area contributed by atoms with Crippen molar-refractivity contribution < 1.29 is 9.84 Å². The van der Waals surface area contributed by atoms with E-state index in [1.54, 1.807) is 7.05 Å². The van der Waals surface area contributed by atoms with Crippen LogP contribution in [0.4, 0.5) is 5.69 Å². The first-order valence-electron chi connectivity index (χ1n) is 8.11. The van der Waals surface area contributed by atoms with E-state index < -0.39 is 0 Å². The lowest BCUT2D eigenvalue weighted by Crippen LogP contribution is -2.18. The molecule has 0 bridgehead atoms. The Bertz CT molecular complexity index is 986. The van der Waals surface area contributed by atoms with Crippen LogP contribution in [-0.4, -0.2) is 16.8 Å². The molecule has 0 aliphatic heterocycles. The number of ether oxygens (including phenoxy) is 1. The molecule has 0 spiro atoms. The van der Waals surface area contributed by atoms with E-state index in [4.69, 9.17) is 4.74 Å². The zero-order chi connectivity index (χ0) is 18.1. The minimum absolute atomic E-state index is 0.0403. The maximum absolute atomic E-state index is 12.2. The number of methoxy groups -OCH3 is 1. The first kappa shape index (κ1) is 16.9. The quantitative estimate of drug-likeness (QED) is 0.764. The lowest BCUT2D eigenvalue weighted by Gasteiger charge is -2.13. The Morgan fingerprint density at radius 3 is 2.44 bits per heavy atom. The van der Waals surface area contributed by atoms with E-state index in [0.29, 0.717) is 17.4 Å². The minimum atomic E-state index is -0.358. The molecule has 0 unspecified atom stereocenters. The normalized spacial score (nSPS) is 10.9. The predicted octanol–water partition coefficient (Wildman–Crippen LogP) is 3.48. The average molecular weight is 338 g/mol. The van der Waals surface area contributed by atoms with E-state index >= 15 is 0 Å². The summed E-state index contributed by atoms with van der Waals surface area (Å²) in [5, 5.41) is 14.3. The predicted molar refractivity (Wildman–Crippen MR) is 101 cm³/mol. The van der Waals surface area contributed by atoms with Crippen molar-refractivity contribution >= 4 is 16.6 Å². The third kappa shape index (κ3) is 3.18. The van der Waals surface area contributed by atoms with Crippen molar-refractivity contribution in [3.8, 4) is 11.5 Å². The zero-order valence-corrected chi connectivity index (χ0v) is 14.9. The van der Waals surface area contributed by atoms with Crippen LogP contribution < -0.4 is 15.6 Å². The van der Waals surface area contributed by atoms with Crippen LogP contribution in [0.25, 0.3) is 10.9 Å². The molecule has 0 saturated carbocycles. The molecule has 0 amide bonds. The second-order valence-electron chi connectivity index (χ2n) is 6.33. The summed E-state index contributed by atoms with van der Waals surface area (Å²) in [4.78, 5) is 12.2. The van der Waals surface area contributed by atoms with Gasteiger partial charge in [-0.3, -0.25) is 4.79 Å². The highest BCUT2D eigenvalue weighted by Gasteiger charge is 2.15. The number of aromatic nitrogens is 1. The Balaban J connectivity index is 1.97. The third-order valence-electron chi connectivity index (χ3n) is 4.31. The van der Waals surface area contributed by atoms with Crippen molar-refractivity contribution in [2.45, 2.75) is 20.4 Å². The maximum Gasteiger partial charge on any atom is 0.297 e. The number of nitrogens with one attached hydrogen (secondary N) is 1. The molecule has 2 N–H and O–H groups in total. The van der Waals surface area contributed by atoms with Crippen molar-refractivity contribution in [1.29, 1.82) is 0 Å². The van der Waals surface area contributed by atoms with E-state index in [0.717, 1.165) is 5.69 Å². The Morgan fingerprint density at radius 1 is 1.12 bits per heavy atom. The summed E-state index contributed by atoms with van der Waals surface area (Å²) < 4.78 is 6.53. The molecule has 0 aliphatic carbocycles. The molecule has 3 rings (SSSR count). The topological polar surface area (TPSA) is 63.5 Å². The molecule has 1 aromatic heterocycles. The lowest BCUT2D eigenvalue weighted by molar-refractivity contribution is 0.368. The number of anilines is 1. The average Bonchev–Trinajstić information content (AvgIpc) is 2.57. The minimum Gasteiger partial charge on any atom is -0.504 e. The Morgan fingerprint density at radius 2 is 1.80 bits per heavy atom. The standard InChI is InChI=1S/C20H22N2O3/c1-12-7-13(2)9-14(8-12)11-21-15-5-6-17-16(10-15)18(23)19(25-4)20(24)22(17)3/h5-10,21,23H,11H2,1-4H3. The number of rotatable bonds is 4. The second kappa shape index (κ2) is 6.51. The molecular weight excluding hydrogens is 316 g/mol. The molecule has 3 aromatic rings. The summed E-state index contributed by atoms with van der Waals surface area (Å²) in [5.41, 5.74) is 4.81. The summed E-state index contributed by atoms with van der Waals surface area (Å²) in [6.07, 6.45) is 0. The van der Waals surface area contributed by atoms with Crippen LogP contribution in [0.2, 0.25) is 0 Å². The highest BCUT2D eigenvalue weighted by molar-refractivity contribution is 5.90. The lowest BCUT2D eigenvalue weighted by atomic mass is 10.1. The van der Waals surface area contributed by atoms with Gasteiger partial charge in [-0.05, 0) is 37.6 Å². The molecular formula is C20H22N2O3. The zero-order valence-electron chi connectivity index (χ0n) is 14.9. The smallest absolute Gasteiger partial charge is 0.297 e. The van der Waals surface area contributed by atoms with Gasteiger partial charge in [0.05, 0.1) is 12.6 Å². The first-order valence-corrected chi connectivity index (χ1v) is 8.11. The van der Waals surface area contributed by atoms with Gasteiger partial charge in [0.2, 0.25) is 5.75 Å². The molecule has 25 heavy (non-hydrogen) atoms. The Labute approximate surface area is 146 Å². The second-order valence-corrected chi connectivity index (χ2v) is 6.33. The van der Waals surface area contributed by atoms with Crippen molar-refractivity contribution in [1.82, 2.24) is 4.57 Å². The molecule has 0 aliphatic rings. The highest BCUT2D eigenvalue weighted by atomic mass is 16.5. The molecule has 0 fully saturated rings. The number of aromatic hydroxyl groups is 1. The van der Waals surface area contributed by atoms with Crippen LogP contribution in [0.15, 0.2) is 41.2 Å². The maximum atomic E-state index is 12.2. The molecule has 5 heteroatoms. The van der Waals surface area contributed by atoms with Gasteiger partial charge in [0.15, 0.2) is 5.75 Å². The van der Waals surface area contributed by atoms with Crippen LogP contribution in [0, 0.1) is 13.8 Å². The van der Waals surface area contributed by atoms with Gasteiger partial charge in [-0.25, -0.2) is 0 Å². The summed E-state index contributed by atoms with van der Waals surface area (Å²) in [6, 6.07) is 12.0. The van der Waals surface area contributed by atoms with Gasteiger partial charge >= 0.3 is 0 Å². The number of benzene rings is 2. The molecule has 0 radical (unpaired) electrons. The van der Waals surface area contributed by atoms with Crippen LogP contribution >= 0.6 is 0 Å². The summed E-state index contributed by atoms with van der Waals surface area (Å²) in [5.74, 6) is -0.169. The van der Waals surface area contributed by atoms with E-state index in [-0.39, 0.29) is 17.1 Å². The SMILES string of the molecule is COc1c(O)c2cc(NCc3cc(C)cc(C)c3)ccc2n(C)c1=O. The van der Waals surface area contributed by atoms with E-state index in [1.165, 1.54) is 28.4 Å². The molecule has 1 heterocycles. The van der Waals surface area contributed by atoms with Crippen molar-refractivity contribution in [3.05, 3.63) is 63.4 Å². The summed E-state index contributed by atoms with van der Waals surface area (Å²) in [7, 11) is 3.04. The fraction of sp³-hybridized carbons (Fsp3) is 0.250. The van der Waals surface area contributed by atoms with Crippen molar-refractivity contribution in [2.24, 2.45) is 7.05 Å². The number of nitrogens with zero attached hydrogens (tertiary/aromatic N) is 1. The third-order valence-corrected chi connectivity index (χ3v) is 4.31. The fourth-order valence-electron chi connectivity index (χ4n) is 3.17. The van der Waals surface area contributed by atoms with Crippen LogP contribution in [0.5, 0.6) is 11.5 Å². The molecule has 130 valence electrons. The van der Waals surface area contributed by atoms with Crippen LogP contribution in [0.3, 0.4) is 0 Å². The fourth-order valence-corrected chi connectivity index (χ4v) is 3.17. The Hall–Kier alpha value is -2.95. The first-order chi connectivity index (χ1) is 11.9. The van der Waals surface area contributed by atoms with Crippen molar-refractivity contribution in [2.75, 3.05) is 12.4 Å². The monoisotopic (exact) mass is 338 g/mol. The molecule has 5 nitrogen and oxygen atoms in total. The number of pyridine rings is 1. The van der Waals surface area contributed by atoms with Gasteiger partial charge in [-0.15, -0.1) is 0 Å². The summed E-state index contributed by atoms with van der Waals surface area (Å²) in [6.45, 7) is 4.84. The molecule has 2 aromatic carbocycles. The Kier molecular flexibility index (Phi) is 4.40. The number of hydrogen-bond donors (Lipinski definition) is 2. The van der Waals surface area contributed by atoms with E-state index in [2.05, 4.69) is 37.4 Å². The van der Waals surface area contributed by atoms with Gasteiger partial charge in [0.1, 0.15) is 0 Å². The number of fused-ring (bicyclic) bond motifs is 1.